The van der Waals surface area contributed by atoms with Crippen LogP contribution in [0.3, 0.4) is 0 Å². The number of nitrogens with zero attached hydrogens (tertiary/aromatic N) is 2. The molecule has 0 unspecified atom stereocenters. The lowest BCUT2D eigenvalue weighted by Gasteiger charge is -2.37. The minimum Gasteiger partial charge on any atom is -0.491 e. The van der Waals surface area contributed by atoms with E-state index in [1.807, 2.05) is 41.5 Å². The second-order valence-electron chi connectivity index (χ2n) is 8.89. The van der Waals surface area contributed by atoms with Gasteiger partial charge in [0.1, 0.15) is 18.9 Å². The van der Waals surface area contributed by atoms with E-state index in [1.54, 1.807) is 16.2 Å². The molecular formula is C27H32N2O3S2. The Hall–Kier alpha value is -2.64. The van der Waals surface area contributed by atoms with E-state index in [0.29, 0.717) is 30.5 Å². The molecule has 5 nitrogen and oxygen atoms in total. The van der Waals surface area contributed by atoms with Crippen molar-refractivity contribution in [2.24, 2.45) is 0 Å². The molecule has 2 aromatic heterocycles. The third kappa shape index (κ3) is 5.53. The van der Waals surface area contributed by atoms with E-state index in [-0.39, 0.29) is 24.4 Å². The fourth-order valence-corrected chi connectivity index (χ4v) is 5.95. The summed E-state index contributed by atoms with van der Waals surface area (Å²) in [5, 5.41) is 3.98. The zero-order valence-electron chi connectivity index (χ0n) is 20.0. The Morgan fingerprint density at radius 1 is 1.12 bits per heavy atom. The normalized spacial score (nSPS) is 15.3. The first-order valence-electron chi connectivity index (χ1n) is 11.9. The summed E-state index contributed by atoms with van der Waals surface area (Å²) in [5.74, 6) is 1.17. The van der Waals surface area contributed by atoms with Gasteiger partial charge < -0.3 is 14.5 Å². The average Bonchev–Trinajstić information content (AvgIpc) is 3.54. The van der Waals surface area contributed by atoms with Gasteiger partial charge in [0.25, 0.3) is 5.91 Å². The van der Waals surface area contributed by atoms with Gasteiger partial charge in [0.15, 0.2) is 0 Å². The van der Waals surface area contributed by atoms with E-state index in [0.717, 1.165) is 24.2 Å². The minimum absolute atomic E-state index is 0.0287. The Labute approximate surface area is 210 Å². The molecule has 1 atom stereocenters. The Bertz CT molecular complexity index is 1090. The van der Waals surface area contributed by atoms with Gasteiger partial charge in [0.2, 0.25) is 5.91 Å². The van der Waals surface area contributed by atoms with Crippen molar-refractivity contribution in [3.05, 3.63) is 74.1 Å². The van der Waals surface area contributed by atoms with Crippen LogP contribution >= 0.6 is 22.7 Å². The molecule has 0 N–H and O–H groups in total. The number of carbonyl (C=O) groups is 2. The zero-order valence-corrected chi connectivity index (χ0v) is 21.7. The molecule has 1 aliphatic heterocycles. The molecule has 3 heterocycles. The molecule has 2 amide bonds. The lowest BCUT2D eigenvalue weighted by atomic mass is 10.00. The lowest BCUT2D eigenvalue weighted by Crippen LogP contribution is -2.48. The first kappa shape index (κ1) is 24.5. The van der Waals surface area contributed by atoms with Gasteiger partial charge >= 0.3 is 0 Å². The van der Waals surface area contributed by atoms with Gasteiger partial charge in [-0.15, -0.1) is 22.7 Å². The molecule has 34 heavy (non-hydrogen) atoms. The van der Waals surface area contributed by atoms with Crippen LogP contribution in [0.2, 0.25) is 0 Å². The first-order valence-corrected chi connectivity index (χ1v) is 13.6. The van der Waals surface area contributed by atoms with Crippen LogP contribution in [0.15, 0.2) is 53.2 Å². The van der Waals surface area contributed by atoms with Crippen molar-refractivity contribution in [2.45, 2.75) is 45.6 Å². The smallest absolute Gasteiger partial charge is 0.264 e. The Kier molecular flexibility index (Phi) is 8.06. The highest BCUT2D eigenvalue weighted by Crippen LogP contribution is 2.34. The molecule has 0 bridgehead atoms. The summed E-state index contributed by atoms with van der Waals surface area (Å²) in [5.41, 5.74) is 2.43. The Morgan fingerprint density at radius 2 is 1.91 bits per heavy atom. The third-order valence-electron chi connectivity index (χ3n) is 6.21. The fourth-order valence-electron chi connectivity index (χ4n) is 4.33. The van der Waals surface area contributed by atoms with Crippen molar-refractivity contribution in [3.8, 4) is 5.75 Å². The van der Waals surface area contributed by atoms with Crippen LogP contribution in [0.25, 0.3) is 0 Å². The summed E-state index contributed by atoms with van der Waals surface area (Å²) in [7, 11) is 0. The summed E-state index contributed by atoms with van der Waals surface area (Å²) in [4.78, 5) is 32.1. The second kappa shape index (κ2) is 11.2. The van der Waals surface area contributed by atoms with Gasteiger partial charge in [-0.2, -0.15) is 0 Å². The SMILES string of the molecule is CCCN(CC(=O)N1CCc2sccc2[C@@H]1COc1ccc(C(C)C)cc1)C(=O)c1cccs1. The van der Waals surface area contributed by atoms with Crippen LogP contribution in [0.5, 0.6) is 5.75 Å². The van der Waals surface area contributed by atoms with Gasteiger partial charge in [-0.05, 0) is 64.9 Å². The van der Waals surface area contributed by atoms with Crippen molar-refractivity contribution in [1.82, 2.24) is 9.80 Å². The van der Waals surface area contributed by atoms with Crippen LogP contribution in [-0.4, -0.2) is 47.9 Å². The third-order valence-corrected chi connectivity index (χ3v) is 8.06. The van der Waals surface area contributed by atoms with Crippen molar-refractivity contribution in [2.75, 3.05) is 26.2 Å². The van der Waals surface area contributed by atoms with Crippen LogP contribution < -0.4 is 4.74 Å². The highest BCUT2D eigenvalue weighted by atomic mass is 32.1. The molecule has 0 radical (unpaired) electrons. The van der Waals surface area contributed by atoms with E-state index in [1.165, 1.54) is 21.8 Å². The minimum atomic E-state index is -0.160. The largest absolute Gasteiger partial charge is 0.491 e. The van der Waals surface area contributed by atoms with Gasteiger partial charge in [-0.1, -0.05) is 39.0 Å². The number of fused-ring (bicyclic) bond motifs is 1. The van der Waals surface area contributed by atoms with Crippen molar-refractivity contribution >= 4 is 34.5 Å². The number of amides is 2. The molecule has 7 heteroatoms. The molecular weight excluding hydrogens is 464 g/mol. The van der Waals surface area contributed by atoms with Gasteiger partial charge in [-0.25, -0.2) is 0 Å². The quantitative estimate of drug-likeness (QED) is 0.366. The second-order valence-corrected chi connectivity index (χ2v) is 10.8. The topological polar surface area (TPSA) is 49.9 Å². The number of hydrogen-bond acceptors (Lipinski definition) is 5. The van der Waals surface area contributed by atoms with Crippen LogP contribution in [0.4, 0.5) is 0 Å². The summed E-state index contributed by atoms with van der Waals surface area (Å²) in [6, 6.07) is 13.8. The van der Waals surface area contributed by atoms with E-state index in [4.69, 9.17) is 4.74 Å². The number of rotatable bonds is 9. The molecule has 3 aromatic rings. The molecule has 1 aliphatic rings. The number of benzene rings is 1. The van der Waals surface area contributed by atoms with Crippen molar-refractivity contribution in [1.29, 1.82) is 0 Å². The summed E-state index contributed by atoms with van der Waals surface area (Å²) < 4.78 is 6.18. The van der Waals surface area contributed by atoms with E-state index >= 15 is 0 Å². The molecule has 0 saturated heterocycles. The maximum Gasteiger partial charge on any atom is 0.264 e. The molecule has 180 valence electrons. The van der Waals surface area contributed by atoms with Gasteiger partial charge in [-0.3, -0.25) is 9.59 Å². The molecule has 4 rings (SSSR count). The van der Waals surface area contributed by atoms with Crippen LogP contribution in [0.1, 0.15) is 64.8 Å². The summed E-state index contributed by atoms with van der Waals surface area (Å²) in [6.45, 7) is 8.05. The van der Waals surface area contributed by atoms with E-state index in [9.17, 15) is 9.59 Å². The summed E-state index contributed by atoms with van der Waals surface area (Å²) in [6.07, 6.45) is 1.64. The maximum absolute atomic E-state index is 13.5. The first-order chi connectivity index (χ1) is 16.5. The van der Waals surface area contributed by atoms with Crippen molar-refractivity contribution < 1.29 is 14.3 Å². The van der Waals surface area contributed by atoms with Gasteiger partial charge in [0, 0.05) is 18.0 Å². The number of hydrogen-bond donors (Lipinski definition) is 0. The highest BCUT2D eigenvalue weighted by Gasteiger charge is 2.33. The average molecular weight is 497 g/mol. The Morgan fingerprint density at radius 3 is 2.59 bits per heavy atom. The number of ether oxygens (including phenoxy) is 1. The zero-order chi connectivity index (χ0) is 24.1. The lowest BCUT2D eigenvalue weighted by molar-refractivity contribution is -0.135. The number of carbonyl (C=O) groups excluding carboxylic acids is 2. The van der Waals surface area contributed by atoms with Crippen LogP contribution in [0, 0.1) is 0 Å². The fraction of sp³-hybridized carbons (Fsp3) is 0.407. The van der Waals surface area contributed by atoms with Crippen molar-refractivity contribution in [3.63, 3.8) is 0 Å². The Balaban J connectivity index is 1.49. The molecule has 0 spiro atoms. The maximum atomic E-state index is 13.5. The molecule has 0 saturated carbocycles. The standard InChI is InChI=1S/C27H32N2O3S2/c1-4-13-28(27(31)25-6-5-15-33-25)17-26(30)29-14-11-24-22(12-16-34-24)23(29)18-32-21-9-7-20(8-10-21)19(2)3/h5-10,12,15-16,19,23H,4,11,13-14,17-18H2,1-3H3/t23-/m0/s1. The molecule has 0 fully saturated rings. The van der Waals surface area contributed by atoms with Gasteiger partial charge in [0.05, 0.1) is 10.9 Å². The molecule has 0 aliphatic carbocycles. The number of thiophene rings is 2. The highest BCUT2D eigenvalue weighted by molar-refractivity contribution is 7.12. The van der Waals surface area contributed by atoms with E-state index < -0.39 is 0 Å². The van der Waals surface area contributed by atoms with E-state index in [2.05, 4.69) is 37.4 Å². The monoisotopic (exact) mass is 496 g/mol. The van der Waals surface area contributed by atoms with Crippen LogP contribution in [-0.2, 0) is 11.2 Å². The predicted octanol–water partition coefficient (Wildman–Crippen LogP) is 5.99. The predicted molar refractivity (Wildman–Crippen MR) is 139 cm³/mol. The summed E-state index contributed by atoms with van der Waals surface area (Å²) >= 11 is 3.15. The molecule has 1 aromatic carbocycles.